The van der Waals surface area contributed by atoms with Gasteiger partial charge in [-0.1, -0.05) is 6.08 Å². The van der Waals surface area contributed by atoms with Gasteiger partial charge in [0.1, 0.15) is 0 Å². The highest BCUT2D eigenvalue weighted by atomic mass is 16.3. The zero-order chi connectivity index (χ0) is 17.7. The van der Waals surface area contributed by atoms with Crippen molar-refractivity contribution in [3.8, 4) is 0 Å². The minimum Gasteiger partial charge on any atom is -0.389 e. The van der Waals surface area contributed by atoms with Gasteiger partial charge < -0.3 is 20.2 Å². The Hall–Kier alpha value is -1.44. The molecule has 1 heterocycles. The number of carbonyl (C=O) groups excluding carboxylic acids is 2. The van der Waals surface area contributed by atoms with E-state index in [-0.39, 0.29) is 23.9 Å². The Morgan fingerprint density at radius 1 is 1.38 bits per heavy atom. The van der Waals surface area contributed by atoms with Crippen LogP contribution in [0.2, 0.25) is 0 Å². The Kier molecular flexibility index (Phi) is 6.77. The highest BCUT2D eigenvalue weighted by Gasteiger charge is 2.39. The summed E-state index contributed by atoms with van der Waals surface area (Å²) in [6.07, 6.45) is 5.39. The van der Waals surface area contributed by atoms with Crippen LogP contribution in [0.25, 0.3) is 0 Å². The maximum atomic E-state index is 12.3. The quantitative estimate of drug-likeness (QED) is 0.647. The average molecular weight is 338 g/mol. The molecule has 0 spiro atoms. The van der Waals surface area contributed by atoms with E-state index in [1.54, 1.807) is 18.0 Å². The number of aliphatic hydroxyl groups excluding tert-OH is 1. The molecule has 1 saturated heterocycles. The molecule has 0 aromatic heterocycles. The molecule has 0 unspecified atom stereocenters. The number of hydrogen-bond donors (Lipinski definition) is 2. The molecule has 0 bridgehead atoms. The summed E-state index contributed by atoms with van der Waals surface area (Å²) in [6.45, 7) is 2.41. The van der Waals surface area contributed by atoms with E-state index in [1.807, 2.05) is 25.1 Å². The van der Waals surface area contributed by atoms with Crippen molar-refractivity contribution in [2.45, 2.75) is 37.5 Å². The first kappa shape index (κ1) is 18.9. The van der Waals surface area contributed by atoms with E-state index >= 15 is 0 Å². The van der Waals surface area contributed by atoms with Gasteiger partial charge in [0, 0.05) is 38.8 Å². The number of hydrogen-bond acceptors (Lipinski definition) is 5. The van der Waals surface area contributed by atoms with Gasteiger partial charge in [-0.3, -0.25) is 14.5 Å². The Morgan fingerprint density at radius 3 is 2.79 bits per heavy atom. The summed E-state index contributed by atoms with van der Waals surface area (Å²) in [5.74, 6) is -0.0791. The molecule has 0 radical (unpaired) electrons. The van der Waals surface area contributed by atoms with Crippen LogP contribution >= 0.6 is 0 Å². The van der Waals surface area contributed by atoms with Gasteiger partial charge in [0.25, 0.3) is 0 Å². The first-order valence-corrected chi connectivity index (χ1v) is 8.67. The van der Waals surface area contributed by atoms with Gasteiger partial charge >= 0.3 is 0 Å². The fraction of sp³-hybridized carbons (Fsp3) is 0.765. The fourth-order valence-electron chi connectivity index (χ4n) is 3.54. The van der Waals surface area contributed by atoms with E-state index < -0.39 is 6.10 Å². The van der Waals surface area contributed by atoms with E-state index in [0.29, 0.717) is 19.6 Å². The van der Waals surface area contributed by atoms with Crippen LogP contribution in [0.4, 0.5) is 0 Å². The summed E-state index contributed by atoms with van der Waals surface area (Å²) < 4.78 is 0. The van der Waals surface area contributed by atoms with Crippen LogP contribution in [-0.2, 0) is 9.59 Å². The van der Waals surface area contributed by atoms with Crippen molar-refractivity contribution >= 4 is 11.8 Å². The molecule has 3 atom stereocenters. The third kappa shape index (κ3) is 4.78. The number of rotatable bonds is 5. The molecule has 7 heteroatoms. The smallest absolute Gasteiger partial charge is 0.246 e. The molecule has 2 rings (SSSR count). The molecule has 0 aromatic carbocycles. The van der Waals surface area contributed by atoms with Gasteiger partial charge in [-0.15, -0.1) is 0 Å². The third-order valence-electron chi connectivity index (χ3n) is 4.90. The Balaban J connectivity index is 1.97. The number of aliphatic hydroxyl groups is 1. The van der Waals surface area contributed by atoms with Crippen molar-refractivity contribution in [3.63, 3.8) is 0 Å². The number of carbonyl (C=O) groups is 2. The zero-order valence-electron chi connectivity index (χ0n) is 14.9. The topological polar surface area (TPSA) is 76.1 Å². The summed E-state index contributed by atoms with van der Waals surface area (Å²) >= 11 is 0. The molecule has 136 valence electrons. The fourth-order valence-corrected chi connectivity index (χ4v) is 3.54. The SMILES string of the molecule is CN(C)CC=CC(=O)N(C)[C@@H]1CCC[C@@H](N2CCNC(=O)C2)[C@@H]1O. The van der Waals surface area contributed by atoms with Crippen molar-refractivity contribution in [1.82, 2.24) is 20.0 Å². The Morgan fingerprint density at radius 2 is 2.12 bits per heavy atom. The van der Waals surface area contributed by atoms with E-state index in [4.69, 9.17) is 0 Å². The van der Waals surface area contributed by atoms with Gasteiger partial charge in [-0.25, -0.2) is 0 Å². The van der Waals surface area contributed by atoms with Crippen molar-refractivity contribution in [2.24, 2.45) is 0 Å². The molecule has 1 aliphatic carbocycles. The number of nitrogens with zero attached hydrogens (tertiary/aromatic N) is 3. The molecule has 1 saturated carbocycles. The number of amides is 2. The van der Waals surface area contributed by atoms with Gasteiger partial charge in [0.15, 0.2) is 0 Å². The van der Waals surface area contributed by atoms with Crippen molar-refractivity contribution in [1.29, 1.82) is 0 Å². The maximum Gasteiger partial charge on any atom is 0.246 e. The lowest BCUT2D eigenvalue weighted by Gasteiger charge is -2.45. The molecular weight excluding hydrogens is 308 g/mol. The minimum atomic E-state index is -0.624. The summed E-state index contributed by atoms with van der Waals surface area (Å²) in [4.78, 5) is 29.6. The standard InChI is InChI=1S/C17H30N4O3/c1-19(2)10-5-8-16(23)20(3)13-6-4-7-14(17(13)24)21-11-9-18-15(22)12-21/h5,8,13-14,17,24H,4,6-7,9-12H2,1-3H3,(H,18,22)/t13-,14-,17-/m1/s1. The Bertz CT molecular complexity index is 480. The minimum absolute atomic E-state index is 0.00613. The molecule has 2 fully saturated rings. The van der Waals surface area contributed by atoms with E-state index in [9.17, 15) is 14.7 Å². The molecule has 0 aromatic rings. The monoisotopic (exact) mass is 338 g/mol. The van der Waals surface area contributed by atoms with Crippen LogP contribution in [0.1, 0.15) is 19.3 Å². The second-order valence-corrected chi connectivity index (χ2v) is 6.99. The molecule has 2 aliphatic rings. The van der Waals surface area contributed by atoms with E-state index in [2.05, 4.69) is 10.2 Å². The maximum absolute atomic E-state index is 12.3. The zero-order valence-corrected chi connectivity index (χ0v) is 14.9. The predicted molar refractivity (Wildman–Crippen MR) is 92.5 cm³/mol. The van der Waals surface area contributed by atoms with Crippen molar-refractivity contribution in [3.05, 3.63) is 12.2 Å². The number of piperazine rings is 1. The summed E-state index contributed by atoms with van der Waals surface area (Å²) in [7, 11) is 5.65. The Labute approximate surface area is 144 Å². The second-order valence-electron chi connectivity index (χ2n) is 6.99. The highest BCUT2D eigenvalue weighted by molar-refractivity contribution is 5.87. The summed E-state index contributed by atoms with van der Waals surface area (Å²) in [5.41, 5.74) is 0. The van der Waals surface area contributed by atoms with Crippen LogP contribution in [0.5, 0.6) is 0 Å². The lowest BCUT2D eigenvalue weighted by Crippen LogP contribution is -2.60. The van der Waals surface area contributed by atoms with Crippen LogP contribution < -0.4 is 5.32 Å². The molecular formula is C17H30N4O3. The summed E-state index contributed by atoms with van der Waals surface area (Å²) in [6, 6.07) is -0.263. The number of nitrogens with one attached hydrogen (secondary N) is 1. The largest absolute Gasteiger partial charge is 0.389 e. The first-order chi connectivity index (χ1) is 11.4. The van der Waals surface area contributed by atoms with Crippen LogP contribution in [0, 0.1) is 0 Å². The molecule has 7 nitrogen and oxygen atoms in total. The normalized spacial score (nSPS) is 29.0. The van der Waals surface area contributed by atoms with Gasteiger partial charge in [-0.2, -0.15) is 0 Å². The van der Waals surface area contributed by atoms with Gasteiger partial charge in [0.2, 0.25) is 11.8 Å². The molecule has 2 amide bonds. The van der Waals surface area contributed by atoms with Crippen molar-refractivity contribution in [2.75, 3.05) is 47.3 Å². The first-order valence-electron chi connectivity index (χ1n) is 8.67. The van der Waals surface area contributed by atoms with Crippen LogP contribution in [0.15, 0.2) is 12.2 Å². The van der Waals surface area contributed by atoms with Crippen LogP contribution in [-0.4, -0.2) is 97.1 Å². The van der Waals surface area contributed by atoms with E-state index in [1.165, 1.54) is 0 Å². The summed E-state index contributed by atoms with van der Waals surface area (Å²) in [5, 5.41) is 13.6. The highest BCUT2D eigenvalue weighted by Crippen LogP contribution is 2.27. The second kappa shape index (κ2) is 8.60. The number of likely N-dealkylation sites (N-methyl/N-ethyl adjacent to an activating group) is 2. The molecule has 2 N–H and O–H groups in total. The van der Waals surface area contributed by atoms with Gasteiger partial charge in [0.05, 0.1) is 18.7 Å². The lowest BCUT2D eigenvalue weighted by molar-refractivity contribution is -0.135. The third-order valence-corrected chi connectivity index (χ3v) is 4.90. The van der Waals surface area contributed by atoms with Crippen LogP contribution in [0.3, 0.4) is 0 Å². The molecule has 1 aliphatic heterocycles. The van der Waals surface area contributed by atoms with Crippen molar-refractivity contribution < 1.29 is 14.7 Å². The predicted octanol–water partition coefficient (Wildman–Crippen LogP) is -0.724. The molecule has 24 heavy (non-hydrogen) atoms. The van der Waals surface area contributed by atoms with Gasteiger partial charge in [-0.05, 0) is 33.4 Å². The van der Waals surface area contributed by atoms with E-state index in [0.717, 1.165) is 25.8 Å². The lowest BCUT2D eigenvalue weighted by atomic mass is 9.86. The average Bonchev–Trinajstić information content (AvgIpc) is 2.54.